The van der Waals surface area contributed by atoms with E-state index in [1.807, 2.05) is 19.1 Å². The maximum absolute atomic E-state index is 10.3. The van der Waals surface area contributed by atoms with E-state index < -0.39 is 11.3 Å². The zero-order chi connectivity index (χ0) is 24.5. The molecular formula is C28H25BrN4S. The molecule has 2 aliphatic carbocycles. The first-order valence-electron chi connectivity index (χ1n) is 11.3. The Balaban J connectivity index is 1.83. The summed E-state index contributed by atoms with van der Waals surface area (Å²) in [4.78, 5) is 1.18. The van der Waals surface area contributed by atoms with E-state index in [0.29, 0.717) is 5.57 Å². The average molecular weight is 530 g/mol. The molecule has 0 amide bonds. The average Bonchev–Trinajstić information content (AvgIpc) is 2.84. The summed E-state index contributed by atoms with van der Waals surface area (Å²) in [5.41, 5.74) is 10.6. The van der Waals surface area contributed by atoms with Gasteiger partial charge in [0.25, 0.3) is 0 Å². The van der Waals surface area contributed by atoms with E-state index in [2.05, 4.69) is 71.4 Å². The molecule has 0 heterocycles. The molecule has 170 valence electrons. The van der Waals surface area contributed by atoms with Crippen LogP contribution in [-0.2, 0) is 5.75 Å². The third-order valence-electron chi connectivity index (χ3n) is 7.07. The van der Waals surface area contributed by atoms with E-state index in [9.17, 15) is 15.8 Å². The first kappa shape index (κ1) is 24.2. The maximum atomic E-state index is 10.3. The lowest BCUT2D eigenvalue weighted by Crippen LogP contribution is -2.43. The minimum atomic E-state index is -1.57. The van der Waals surface area contributed by atoms with E-state index >= 15 is 0 Å². The lowest BCUT2D eigenvalue weighted by molar-refractivity contribution is 0.316. The summed E-state index contributed by atoms with van der Waals surface area (Å²) in [7, 11) is 0. The van der Waals surface area contributed by atoms with Crippen molar-refractivity contribution in [2.24, 2.45) is 17.1 Å². The SMILES string of the molecule is Cc1cc(C)c([C@@H]2[C@@H]3CCCC=C3C(C#N)=C(N)C2(C#N)C#N)cc1CSc1ccc(Br)cc1. The van der Waals surface area contributed by atoms with Crippen LogP contribution in [0.15, 0.2) is 68.7 Å². The van der Waals surface area contributed by atoms with Crippen molar-refractivity contribution in [3.63, 3.8) is 0 Å². The van der Waals surface area contributed by atoms with Gasteiger partial charge in [0.1, 0.15) is 6.07 Å². The van der Waals surface area contributed by atoms with Gasteiger partial charge in [-0.1, -0.05) is 34.1 Å². The smallest absolute Gasteiger partial charge is 0.191 e. The number of allylic oxidation sites excluding steroid dienone is 4. The molecule has 0 unspecified atom stereocenters. The fourth-order valence-electron chi connectivity index (χ4n) is 5.32. The predicted octanol–water partition coefficient (Wildman–Crippen LogP) is 6.95. The first-order valence-corrected chi connectivity index (χ1v) is 13.1. The highest BCUT2D eigenvalue weighted by Gasteiger charge is 2.54. The Morgan fingerprint density at radius 3 is 2.44 bits per heavy atom. The number of thioether (sulfide) groups is 1. The number of aryl methyl sites for hydroxylation is 2. The number of benzene rings is 2. The van der Waals surface area contributed by atoms with Gasteiger partial charge < -0.3 is 5.73 Å². The molecule has 2 aromatic rings. The quantitative estimate of drug-likeness (QED) is 0.432. The number of rotatable bonds is 4. The summed E-state index contributed by atoms with van der Waals surface area (Å²) in [6, 6.07) is 19.3. The van der Waals surface area contributed by atoms with Crippen LogP contribution >= 0.6 is 27.7 Å². The van der Waals surface area contributed by atoms with Crippen LogP contribution in [0.3, 0.4) is 0 Å². The van der Waals surface area contributed by atoms with Gasteiger partial charge in [-0.15, -0.1) is 11.8 Å². The van der Waals surface area contributed by atoms with Gasteiger partial charge in [-0.25, -0.2) is 0 Å². The first-order chi connectivity index (χ1) is 16.4. The van der Waals surface area contributed by atoms with E-state index in [1.54, 1.807) is 11.8 Å². The molecule has 0 radical (unpaired) electrons. The Morgan fingerprint density at radius 2 is 1.79 bits per heavy atom. The molecule has 0 bridgehead atoms. The zero-order valence-corrected chi connectivity index (χ0v) is 21.6. The van der Waals surface area contributed by atoms with E-state index in [-0.39, 0.29) is 11.6 Å². The molecule has 0 spiro atoms. The molecule has 4 nitrogen and oxygen atoms in total. The number of hydrogen-bond donors (Lipinski definition) is 1. The molecule has 0 saturated carbocycles. The van der Waals surface area contributed by atoms with Crippen molar-refractivity contribution in [1.29, 1.82) is 15.8 Å². The van der Waals surface area contributed by atoms with Crippen molar-refractivity contribution in [1.82, 2.24) is 0 Å². The van der Waals surface area contributed by atoms with Crippen LogP contribution in [-0.4, -0.2) is 0 Å². The van der Waals surface area contributed by atoms with Gasteiger partial charge in [-0.2, -0.15) is 15.8 Å². The van der Waals surface area contributed by atoms with Gasteiger partial charge >= 0.3 is 0 Å². The van der Waals surface area contributed by atoms with Crippen LogP contribution in [0, 0.1) is 59.2 Å². The Labute approximate surface area is 213 Å². The Kier molecular flexibility index (Phi) is 6.90. The second-order valence-electron chi connectivity index (χ2n) is 8.98. The molecular weight excluding hydrogens is 504 g/mol. The van der Waals surface area contributed by atoms with Crippen LogP contribution in [0.25, 0.3) is 0 Å². The summed E-state index contributed by atoms with van der Waals surface area (Å²) < 4.78 is 1.05. The fourth-order valence-corrected chi connectivity index (χ4v) is 6.54. The molecule has 6 heteroatoms. The monoisotopic (exact) mass is 528 g/mol. The van der Waals surface area contributed by atoms with Crippen molar-refractivity contribution in [3.05, 3.63) is 86.0 Å². The van der Waals surface area contributed by atoms with Crippen molar-refractivity contribution in [3.8, 4) is 18.2 Å². The zero-order valence-electron chi connectivity index (χ0n) is 19.2. The summed E-state index contributed by atoms with van der Waals surface area (Å²) in [5.74, 6) is 0.286. The minimum absolute atomic E-state index is 0.0802. The minimum Gasteiger partial charge on any atom is -0.399 e. The van der Waals surface area contributed by atoms with Crippen molar-refractivity contribution in [2.75, 3.05) is 0 Å². The van der Waals surface area contributed by atoms with Gasteiger partial charge in [0, 0.05) is 21.0 Å². The second-order valence-corrected chi connectivity index (χ2v) is 10.9. The van der Waals surface area contributed by atoms with Crippen molar-refractivity contribution < 1.29 is 0 Å². The fraction of sp³-hybridized carbons (Fsp3) is 0.321. The van der Waals surface area contributed by atoms with E-state index in [0.717, 1.165) is 46.2 Å². The normalized spacial score (nSPS) is 21.0. The molecule has 34 heavy (non-hydrogen) atoms. The number of fused-ring (bicyclic) bond motifs is 1. The Bertz CT molecular complexity index is 1300. The van der Waals surface area contributed by atoms with Gasteiger partial charge in [0.15, 0.2) is 5.41 Å². The summed E-state index contributed by atoms with van der Waals surface area (Å²) >= 11 is 5.24. The van der Waals surface area contributed by atoms with E-state index in [1.165, 1.54) is 16.0 Å². The van der Waals surface area contributed by atoms with E-state index in [4.69, 9.17) is 5.73 Å². The molecule has 0 aliphatic heterocycles. The standard InChI is InChI=1S/C28H25BrN4S/c1-17-11-18(2)24(12-19(17)14-34-21-9-7-20(29)8-10-21)26-23-6-4-3-5-22(23)25(13-30)27(33)28(26,15-31)16-32/h5,7-12,23,26H,3-4,6,14,33H2,1-2H3/t23-,26+/m1/s1. The van der Waals surface area contributed by atoms with Gasteiger partial charge in [-0.05, 0) is 91.1 Å². The molecule has 4 rings (SSSR count). The van der Waals surface area contributed by atoms with Crippen LogP contribution in [0.4, 0.5) is 0 Å². The molecule has 0 aromatic heterocycles. The third-order valence-corrected chi connectivity index (χ3v) is 8.66. The maximum Gasteiger partial charge on any atom is 0.191 e. The van der Waals surface area contributed by atoms with Crippen molar-refractivity contribution >= 4 is 27.7 Å². The van der Waals surface area contributed by atoms with Crippen LogP contribution in [0.2, 0.25) is 0 Å². The molecule has 2 aliphatic rings. The lowest BCUT2D eigenvalue weighted by atomic mass is 9.56. The van der Waals surface area contributed by atoms with Crippen LogP contribution < -0.4 is 5.73 Å². The summed E-state index contributed by atoms with van der Waals surface area (Å²) in [6.45, 7) is 4.14. The number of nitrogens with zero attached hydrogens (tertiary/aromatic N) is 3. The topological polar surface area (TPSA) is 97.4 Å². The lowest BCUT2D eigenvalue weighted by Gasteiger charge is -2.44. The second kappa shape index (κ2) is 9.71. The van der Waals surface area contributed by atoms with Gasteiger partial charge in [0.05, 0.1) is 23.4 Å². The predicted molar refractivity (Wildman–Crippen MR) is 138 cm³/mol. The molecule has 2 aromatic carbocycles. The highest BCUT2D eigenvalue weighted by molar-refractivity contribution is 9.10. The molecule has 0 fully saturated rings. The number of halogens is 1. The number of hydrogen-bond acceptors (Lipinski definition) is 5. The van der Waals surface area contributed by atoms with Crippen LogP contribution in [0.1, 0.15) is 47.4 Å². The molecule has 0 saturated heterocycles. The summed E-state index contributed by atoms with van der Waals surface area (Å²) in [5, 5.41) is 30.5. The number of nitriles is 3. The number of nitrogens with two attached hydrogens (primary N) is 1. The third kappa shape index (κ3) is 4.05. The Morgan fingerprint density at radius 1 is 1.09 bits per heavy atom. The van der Waals surface area contributed by atoms with Gasteiger partial charge in [0.2, 0.25) is 0 Å². The van der Waals surface area contributed by atoms with Crippen molar-refractivity contribution in [2.45, 2.75) is 49.7 Å². The summed E-state index contributed by atoms with van der Waals surface area (Å²) in [6.07, 6.45) is 4.76. The Hall–Kier alpha value is -2.98. The molecule has 2 atom stereocenters. The largest absolute Gasteiger partial charge is 0.399 e. The van der Waals surface area contributed by atoms with Gasteiger partial charge in [-0.3, -0.25) is 0 Å². The van der Waals surface area contributed by atoms with Crippen LogP contribution in [0.5, 0.6) is 0 Å². The highest BCUT2D eigenvalue weighted by Crippen LogP contribution is 2.56. The molecule has 2 N–H and O–H groups in total. The highest BCUT2D eigenvalue weighted by atomic mass is 79.9.